The second-order valence-electron chi connectivity index (χ2n) is 4.04. The Labute approximate surface area is 115 Å². The normalized spacial score (nSPS) is 11.2. The molecule has 1 heterocycles. The number of nitrogens with zero attached hydrogens (tertiary/aromatic N) is 1. The number of anilines is 1. The number of halogens is 3. The largest absolute Gasteiger partial charge is 0.478 e. The van der Waals surface area contributed by atoms with Gasteiger partial charge in [-0.15, -0.1) is 0 Å². The van der Waals surface area contributed by atoms with Crippen LogP contribution in [-0.4, -0.2) is 27.2 Å². The predicted octanol–water partition coefficient (Wildman–Crippen LogP) is 2.38. The maximum Gasteiger partial charge on any atom is 0.416 e. The fourth-order valence-electron chi connectivity index (χ4n) is 1.57. The van der Waals surface area contributed by atoms with Crippen LogP contribution in [0.25, 0.3) is 0 Å². The van der Waals surface area contributed by atoms with Crippen LogP contribution in [0, 0.1) is 0 Å². The molecule has 0 aliphatic heterocycles. The van der Waals surface area contributed by atoms with Crippen molar-refractivity contribution in [3.05, 3.63) is 47.3 Å². The maximum atomic E-state index is 12.7. The van der Waals surface area contributed by atoms with Crippen molar-refractivity contribution in [3.8, 4) is 0 Å². The molecule has 0 aliphatic rings. The van der Waals surface area contributed by atoms with Crippen molar-refractivity contribution in [1.82, 2.24) is 10.2 Å². The number of carboxylic acids is 1. The van der Waals surface area contributed by atoms with E-state index in [0.29, 0.717) is 12.1 Å². The van der Waals surface area contributed by atoms with Gasteiger partial charge < -0.3 is 10.4 Å². The van der Waals surface area contributed by atoms with Gasteiger partial charge in [-0.3, -0.25) is 9.89 Å². The second kappa shape index (κ2) is 5.27. The topological polar surface area (TPSA) is 95.1 Å². The Morgan fingerprint density at radius 2 is 1.90 bits per heavy atom. The molecular weight excluding hydrogens is 291 g/mol. The number of benzene rings is 1. The van der Waals surface area contributed by atoms with Gasteiger partial charge in [-0.05, 0) is 18.2 Å². The van der Waals surface area contributed by atoms with Gasteiger partial charge in [-0.1, -0.05) is 0 Å². The zero-order valence-corrected chi connectivity index (χ0v) is 10.2. The van der Waals surface area contributed by atoms with Gasteiger partial charge in [-0.2, -0.15) is 18.3 Å². The van der Waals surface area contributed by atoms with E-state index >= 15 is 0 Å². The van der Waals surface area contributed by atoms with Crippen LogP contribution in [-0.2, 0) is 6.18 Å². The van der Waals surface area contributed by atoms with Crippen molar-refractivity contribution < 1.29 is 27.9 Å². The fraction of sp³-hybridized carbons (Fsp3) is 0.0833. The number of aromatic carboxylic acids is 1. The van der Waals surface area contributed by atoms with Crippen LogP contribution in [0.5, 0.6) is 0 Å². The molecule has 6 nitrogen and oxygen atoms in total. The molecule has 0 radical (unpaired) electrons. The summed E-state index contributed by atoms with van der Waals surface area (Å²) in [4.78, 5) is 22.6. The van der Waals surface area contributed by atoms with E-state index in [9.17, 15) is 22.8 Å². The molecule has 1 amide bonds. The average Bonchev–Trinajstić information content (AvgIpc) is 2.91. The first-order valence-electron chi connectivity index (χ1n) is 5.53. The molecule has 0 aliphatic carbocycles. The molecule has 9 heteroatoms. The summed E-state index contributed by atoms with van der Waals surface area (Å²) in [6.07, 6.45) is -2.29. The van der Waals surface area contributed by atoms with Gasteiger partial charge in [0.1, 0.15) is 0 Å². The number of H-pyrrole nitrogens is 1. The van der Waals surface area contributed by atoms with Crippen LogP contribution in [0.3, 0.4) is 0 Å². The molecule has 21 heavy (non-hydrogen) atoms. The van der Waals surface area contributed by atoms with Gasteiger partial charge in [0.25, 0.3) is 5.91 Å². The van der Waals surface area contributed by atoms with Gasteiger partial charge >= 0.3 is 12.1 Å². The lowest BCUT2D eigenvalue weighted by molar-refractivity contribution is -0.137. The molecule has 0 bridgehead atoms. The highest BCUT2D eigenvalue weighted by Gasteiger charge is 2.32. The van der Waals surface area contributed by atoms with Crippen LogP contribution in [0.1, 0.15) is 26.3 Å². The lowest BCUT2D eigenvalue weighted by Crippen LogP contribution is -2.14. The summed E-state index contributed by atoms with van der Waals surface area (Å²) < 4.78 is 38.1. The molecule has 0 saturated carbocycles. The average molecular weight is 299 g/mol. The van der Waals surface area contributed by atoms with Gasteiger partial charge in [-0.25, -0.2) is 4.79 Å². The van der Waals surface area contributed by atoms with E-state index in [-0.39, 0.29) is 11.3 Å². The van der Waals surface area contributed by atoms with Crippen molar-refractivity contribution in [3.63, 3.8) is 0 Å². The van der Waals surface area contributed by atoms with Crippen LogP contribution in [0.4, 0.5) is 18.9 Å². The molecule has 0 atom stereocenters. The SMILES string of the molecule is O=C(O)c1cc(NC(=O)c2cn[nH]c2)cc(C(F)(F)F)c1. The van der Waals surface area contributed by atoms with E-state index in [0.717, 1.165) is 6.07 Å². The number of carbonyl (C=O) groups is 2. The molecule has 2 aromatic rings. The van der Waals surface area contributed by atoms with Crippen LogP contribution in [0.15, 0.2) is 30.6 Å². The summed E-state index contributed by atoms with van der Waals surface area (Å²) in [7, 11) is 0. The number of nitrogens with one attached hydrogen (secondary N) is 2. The fourth-order valence-corrected chi connectivity index (χ4v) is 1.57. The minimum Gasteiger partial charge on any atom is -0.478 e. The molecule has 3 N–H and O–H groups in total. The van der Waals surface area contributed by atoms with E-state index in [1.54, 1.807) is 0 Å². The summed E-state index contributed by atoms with van der Waals surface area (Å²) in [5.41, 5.74) is -1.91. The van der Waals surface area contributed by atoms with E-state index in [2.05, 4.69) is 15.5 Å². The van der Waals surface area contributed by atoms with Crippen molar-refractivity contribution in [2.75, 3.05) is 5.32 Å². The minimum absolute atomic E-state index is 0.101. The van der Waals surface area contributed by atoms with Crippen LogP contribution in [0.2, 0.25) is 0 Å². The number of carboxylic acid groups (broad SMARTS) is 1. The van der Waals surface area contributed by atoms with Crippen molar-refractivity contribution in [1.29, 1.82) is 0 Å². The summed E-state index contributed by atoms with van der Waals surface area (Å²) >= 11 is 0. The molecule has 2 rings (SSSR count). The third kappa shape index (κ3) is 3.38. The van der Waals surface area contributed by atoms with E-state index in [1.807, 2.05) is 0 Å². The summed E-state index contributed by atoms with van der Waals surface area (Å²) in [6, 6.07) is 2.09. The predicted molar refractivity (Wildman–Crippen MR) is 64.9 cm³/mol. The molecule has 1 aromatic carbocycles. The number of hydrogen-bond acceptors (Lipinski definition) is 3. The monoisotopic (exact) mass is 299 g/mol. The summed E-state index contributed by atoms with van der Waals surface area (Å²) in [6.45, 7) is 0. The second-order valence-corrected chi connectivity index (χ2v) is 4.04. The number of rotatable bonds is 3. The lowest BCUT2D eigenvalue weighted by atomic mass is 10.1. The van der Waals surface area contributed by atoms with Crippen LogP contribution < -0.4 is 5.32 Å². The number of hydrogen-bond donors (Lipinski definition) is 3. The Balaban J connectivity index is 2.37. The maximum absolute atomic E-state index is 12.7. The van der Waals surface area contributed by atoms with E-state index in [1.165, 1.54) is 12.4 Å². The molecule has 110 valence electrons. The first kappa shape index (κ1) is 14.6. The van der Waals surface area contributed by atoms with Gasteiger partial charge in [0.15, 0.2) is 0 Å². The zero-order chi connectivity index (χ0) is 15.6. The van der Waals surface area contributed by atoms with Crippen molar-refractivity contribution in [2.45, 2.75) is 6.18 Å². The Morgan fingerprint density at radius 3 is 2.43 bits per heavy atom. The number of aromatic amines is 1. The minimum atomic E-state index is -4.72. The Bertz CT molecular complexity index is 681. The summed E-state index contributed by atoms with van der Waals surface area (Å²) in [5.74, 6) is -2.24. The van der Waals surface area contributed by atoms with Gasteiger partial charge in [0, 0.05) is 11.9 Å². The van der Waals surface area contributed by atoms with Gasteiger partial charge in [0.05, 0.1) is 22.9 Å². The Hall–Kier alpha value is -2.84. The standard InChI is InChI=1S/C12H8F3N3O3/c13-12(14,15)8-1-6(11(20)21)2-9(3-8)18-10(19)7-4-16-17-5-7/h1-5H,(H,16,17)(H,18,19)(H,20,21). The number of aromatic nitrogens is 2. The highest BCUT2D eigenvalue weighted by Crippen LogP contribution is 2.32. The number of alkyl halides is 3. The zero-order valence-electron chi connectivity index (χ0n) is 10.2. The van der Waals surface area contributed by atoms with Crippen molar-refractivity contribution in [2.24, 2.45) is 0 Å². The van der Waals surface area contributed by atoms with Crippen LogP contribution >= 0.6 is 0 Å². The van der Waals surface area contributed by atoms with Crippen molar-refractivity contribution >= 4 is 17.6 Å². The number of carbonyl (C=O) groups excluding carboxylic acids is 1. The van der Waals surface area contributed by atoms with E-state index < -0.39 is 29.2 Å². The third-order valence-corrected chi connectivity index (χ3v) is 2.53. The Kier molecular flexibility index (Phi) is 3.66. The van der Waals surface area contributed by atoms with Gasteiger partial charge in [0.2, 0.25) is 0 Å². The molecule has 0 fully saturated rings. The Morgan fingerprint density at radius 1 is 1.19 bits per heavy atom. The molecule has 0 spiro atoms. The molecule has 0 saturated heterocycles. The third-order valence-electron chi connectivity index (χ3n) is 2.53. The molecular formula is C12H8F3N3O3. The first-order chi connectivity index (χ1) is 9.77. The highest BCUT2D eigenvalue weighted by atomic mass is 19.4. The quantitative estimate of drug-likeness (QED) is 0.811. The molecule has 1 aromatic heterocycles. The summed E-state index contributed by atoms with van der Waals surface area (Å²) in [5, 5.41) is 16.9. The lowest BCUT2D eigenvalue weighted by Gasteiger charge is -2.11. The number of amides is 1. The van der Waals surface area contributed by atoms with E-state index in [4.69, 9.17) is 5.11 Å². The smallest absolute Gasteiger partial charge is 0.416 e. The molecule has 0 unspecified atom stereocenters. The highest BCUT2D eigenvalue weighted by molar-refractivity contribution is 6.04. The first-order valence-corrected chi connectivity index (χ1v) is 5.53.